The quantitative estimate of drug-likeness (QED) is 0.829. The van der Waals surface area contributed by atoms with Crippen LogP contribution in [0.25, 0.3) is 0 Å². The summed E-state index contributed by atoms with van der Waals surface area (Å²) >= 11 is 0. The fraction of sp³-hybridized carbons (Fsp3) is 0.300. The average molecular weight is 356 g/mol. The van der Waals surface area contributed by atoms with Crippen molar-refractivity contribution >= 4 is 17.5 Å². The highest BCUT2D eigenvalue weighted by atomic mass is 19.1. The van der Waals surface area contributed by atoms with Crippen LogP contribution in [0.1, 0.15) is 23.2 Å². The van der Waals surface area contributed by atoms with E-state index in [1.807, 2.05) is 0 Å². The van der Waals surface area contributed by atoms with E-state index in [1.54, 1.807) is 21.9 Å². The van der Waals surface area contributed by atoms with Gasteiger partial charge < -0.3 is 9.80 Å². The molecule has 0 aromatic heterocycles. The standard InChI is InChI=1S/C20H18F2N2O2/c21-15-3-1-14(2-4-15)19(26)23-10-9-20(12-23)11-18(25)24(13-20)17-7-5-16(22)6-8-17/h1-8H,9-13H2. The molecule has 4 nitrogen and oxygen atoms in total. The molecule has 2 saturated heterocycles. The Hall–Kier alpha value is -2.76. The van der Waals surface area contributed by atoms with E-state index in [0.29, 0.717) is 37.3 Å². The summed E-state index contributed by atoms with van der Waals surface area (Å²) in [5.41, 5.74) is 0.848. The van der Waals surface area contributed by atoms with E-state index in [-0.39, 0.29) is 28.9 Å². The maximum atomic E-state index is 13.1. The van der Waals surface area contributed by atoms with Crippen LogP contribution >= 0.6 is 0 Å². The van der Waals surface area contributed by atoms with Crippen molar-refractivity contribution < 1.29 is 18.4 Å². The van der Waals surface area contributed by atoms with Crippen LogP contribution < -0.4 is 4.90 Å². The van der Waals surface area contributed by atoms with Crippen LogP contribution in [-0.4, -0.2) is 36.3 Å². The number of amides is 2. The molecule has 2 aliphatic heterocycles. The van der Waals surface area contributed by atoms with Crippen molar-refractivity contribution in [1.29, 1.82) is 0 Å². The molecule has 1 unspecified atom stereocenters. The molecule has 4 rings (SSSR count). The molecule has 0 radical (unpaired) electrons. The first-order valence-electron chi connectivity index (χ1n) is 8.57. The van der Waals surface area contributed by atoms with E-state index >= 15 is 0 Å². The Balaban J connectivity index is 1.49. The number of benzene rings is 2. The molecule has 0 bridgehead atoms. The van der Waals surface area contributed by atoms with Gasteiger partial charge in [-0.15, -0.1) is 0 Å². The molecule has 0 saturated carbocycles. The maximum absolute atomic E-state index is 13.1. The third-order valence-corrected chi connectivity index (χ3v) is 5.28. The Morgan fingerprint density at radius 2 is 1.54 bits per heavy atom. The van der Waals surface area contributed by atoms with Gasteiger partial charge in [-0.2, -0.15) is 0 Å². The molecule has 26 heavy (non-hydrogen) atoms. The first-order valence-corrected chi connectivity index (χ1v) is 8.57. The molecule has 1 spiro atoms. The van der Waals surface area contributed by atoms with Gasteiger partial charge in [-0.3, -0.25) is 9.59 Å². The highest BCUT2D eigenvalue weighted by molar-refractivity contribution is 5.97. The molecular formula is C20H18F2N2O2. The number of rotatable bonds is 2. The Labute approximate surface area is 150 Å². The van der Waals surface area contributed by atoms with Crippen LogP contribution in [0.2, 0.25) is 0 Å². The number of anilines is 1. The zero-order valence-electron chi connectivity index (χ0n) is 14.1. The van der Waals surface area contributed by atoms with Crippen molar-refractivity contribution in [2.24, 2.45) is 5.41 Å². The third kappa shape index (κ3) is 2.96. The molecule has 2 aromatic carbocycles. The van der Waals surface area contributed by atoms with Crippen molar-refractivity contribution in [3.8, 4) is 0 Å². The van der Waals surface area contributed by atoms with Gasteiger partial charge in [0.05, 0.1) is 0 Å². The number of hydrogen-bond acceptors (Lipinski definition) is 2. The summed E-state index contributed by atoms with van der Waals surface area (Å²) in [6, 6.07) is 11.4. The summed E-state index contributed by atoms with van der Waals surface area (Å²) in [6.07, 6.45) is 1.11. The van der Waals surface area contributed by atoms with E-state index < -0.39 is 0 Å². The number of carbonyl (C=O) groups excluding carboxylic acids is 2. The van der Waals surface area contributed by atoms with Gasteiger partial charge in [0.2, 0.25) is 5.91 Å². The second-order valence-corrected chi connectivity index (χ2v) is 7.12. The first kappa shape index (κ1) is 16.7. The normalized spacial score (nSPS) is 22.5. The first-order chi connectivity index (χ1) is 12.5. The fourth-order valence-electron chi connectivity index (χ4n) is 3.91. The third-order valence-electron chi connectivity index (χ3n) is 5.28. The van der Waals surface area contributed by atoms with Crippen molar-refractivity contribution in [1.82, 2.24) is 4.90 Å². The average Bonchev–Trinajstić information content (AvgIpc) is 3.19. The van der Waals surface area contributed by atoms with Crippen molar-refractivity contribution in [2.75, 3.05) is 24.5 Å². The molecule has 0 N–H and O–H groups in total. The number of halogens is 2. The molecule has 1 atom stereocenters. The van der Waals surface area contributed by atoms with E-state index in [2.05, 4.69) is 0 Å². The largest absolute Gasteiger partial charge is 0.338 e. The lowest BCUT2D eigenvalue weighted by Crippen LogP contribution is -2.34. The number of likely N-dealkylation sites (tertiary alicyclic amines) is 1. The predicted octanol–water partition coefficient (Wildman–Crippen LogP) is 3.23. The summed E-state index contributed by atoms with van der Waals surface area (Å²) in [5, 5.41) is 0. The van der Waals surface area contributed by atoms with Crippen LogP contribution in [0.4, 0.5) is 14.5 Å². The molecule has 2 amide bonds. The van der Waals surface area contributed by atoms with Gasteiger partial charge in [0.15, 0.2) is 0 Å². The predicted molar refractivity (Wildman–Crippen MR) is 92.7 cm³/mol. The van der Waals surface area contributed by atoms with E-state index in [4.69, 9.17) is 0 Å². The minimum absolute atomic E-state index is 0.00677. The summed E-state index contributed by atoms with van der Waals surface area (Å²) < 4.78 is 26.2. The van der Waals surface area contributed by atoms with Gasteiger partial charge in [-0.25, -0.2) is 8.78 Å². The number of nitrogens with zero attached hydrogens (tertiary/aromatic N) is 2. The highest BCUT2D eigenvalue weighted by Crippen LogP contribution is 2.42. The topological polar surface area (TPSA) is 40.6 Å². The molecular weight excluding hydrogens is 338 g/mol. The van der Waals surface area contributed by atoms with E-state index in [1.165, 1.54) is 36.4 Å². The van der Waals surface area contributed by atoms with Gasteiger partial charge in [0.25, 0.3) is 5.91 Å². The van der Waals surface area contributed by atoms with Gasteiger partial charge in [-0.1, -0.05) is 0 Å². The van der Waals surface area contributed by atoms with Crippen LogP contribution in [-0.2, 0) is 4.79 Å². The van der Waals surface area contributed by atoms with E-state index in [0.717, 1.165) is 6.42 Å². The number of carbonyl (C=O) groups is 2. The van der Waals surface area contributed by atoms with Crippen LogP contribution in [0, 0.1) is 17.0 Å². The molecule has 6 heteroatoms. The minimum atomic E-state index is -0.379. The second kappa shape index (κ2) is 6.20. The SMILES string of the molecule is O=C(c1ccc(F)cc1)N1CCC2(CC(=O)N(c3ccc(F)cc3)C2)C1. The van der Waals surface area contributed by atoms with Crippen molar-refractivity contribution in [2.45, 2.75) is 12.8 Å². The van der Waals surface area contributed by atoms with Crippen LogP contribution in [0.5, 0.6) is 0 Å². The Morgan fingerprint density at radius 1 is 0.923 bits per heavy atom. The van der Waals surface area contributed by atoms with Crippen LogP contribution in [0.3, 0.4) is 0 Å². The summed E-state index contributed by atoms with van der Waals surface area (Å²) in [5.74, 6) is -0.870. The van der Waals surface area contributed by atoms with Crippen LogP contribution in [0.15, 0.2) is 48.5 Å². The highest BCUT2D eigenvalue weighted by Gasteiger charge is 2.48. The second-order valence-electron chi connectivity index (χ2n) is 7.12. The fourth-order valence-corrected chi connectivity index (χ4v) is 3.91. The van der Waals surface area contributed by atoms with Gasteiger partial charge in [-0.05, 0) is 55.0 Å². The molecule has 134 valence electrons. The minimum Gasteiger partial charge on any atom is -0.338 e. The Bertz CT molecular complexity index is 851. The maximum Gasteiger partial charge on any atom is 0.253 e. The lowest BCUT2D eigenvalue weighted by molar-refractivity contribution is -0.117. The lowest BCUT2D eigenvalue weighted by atomic mass is 9.86. The summed E-state index contributed by atoms with van der Waals surface area (Å²) in [7, 11) is 0. The molecule has 2 heterocycles. The number of hydrogen-bond donors (Lipinski definition) is 0. The molecule has 2 aliphatic rings. The van der Waals surface area contributed by atoms with Gasteiger partial charge in [0.1, 0.15) is 11.6 Å². The zero-order valence-corrected chi connectivity index (χ0v) is 14.1. The molecule has 2 aromatic rings. The van der Waals surface area contributed by atoms with Gasteiger partial charge in [0, 0.05) is 42.7 Å². The lowest BCUT2D eigenvalue weighted by Gasteiger charge is -2.24. The molecule has 0 aliphatic carbocycles. The van der Waals surface area contributed by atoms with Gasteiger partial charge >= 0.3 is 0 Å². The Kier molecular flexibility index (Phi) is 3.98. The molecule has 2 fully saturated rings. The van der Waals surface area contributed by atoms with Crippen molar-refractivity contribution in [3.63, 3.8) is 0 Å². The zero-order chi connectivity index (χ0) is 18.3. The summed E-state index contributed by atoms with van der Waals surface area (Å²) in [6.45, 7) is 1.58. The Morgan fingerprint density at radius 3 is 2.19 bits per heavy atom. The smallest absolute Gasteiger partial charge is 0.253 e. The van der Waals surface area contributed by atoms with Crippen molar-refractivity contribution in [3.05, 3.63) is 65.7 Å². The van der Waals surface area contributed by atoms with E-state index in [9.17, 15) is 18.4 Å². The summed E-state index contributed by atoms with van der Waals surface area (Å²) in [4.78, 5) is 28.5. The monoisotopic (exact) mass is 356 g/mol.